The molecule has 0 fully saturated rings. The number of anilines is 6. The number of nitrogens with zero attached hydrogens (tertiary/aromatic N) is 2. The number of rotatable bonds is 7. The molecule has 0 N–H and O–H groups in total. The third kappa shape index (κ3) is 5.00. The third-order valence-electron chi connectivity index (χ3n) is 9.22. The zero-order valence-electron chi connectivity index (χ0n) is 26.8. The van der Waals surface area contributed by atoms with E-state index in [1.165, 1.54) is 5.39 Å². The molecule has 9 rings (SSSR count). The van der Waals surface area contributed by atoms with E-state index in [4.69, 9.17) is 4.42 Å². The van der Waals surface area contributed by atoms with Gasteiger partial charge < -0.3 is 14.2 Å². The molecule has 0 amide bonds. The minimum Gasteiger partial charge on any atom is -0.454 e. The molecule has 0 unspecified atom stereocenters. The molecule has 0 atom stereocenters. The fourth-order valence-corrected chi connectivity index (χ4v) is 7.07. The highest BCUT2D eigenvalue weighted by atomic mass is 16.3. The Bertz CT molecular complexity index is 2500. The van der Waals surface area contributed by atoms with Gasteiger partial charge in [0, 0.05) is 28.0 Å². The van der Waals surface area contributed by atoms with E-state index in [1.807, 2.05) is 0 Å². The highest BCUT2D eigenvalue weighted by Gasteiger charge is 2.26. The smallest absolute Gasteiger partial charge is 0.161 e. The Morgan fingerprint density at radius 3 is 1.55 bits per heavy atom. The van der Waals surface area contributed by atoms with Crippen LogP contribution in [-0.2, 0) is 0 Å². The average molecular weight is 629 g/mol. The molecule has 0 saturated carbocycles. The van der Waals surface area contributed by atoms with Crippen molar-refractivity contribution in [1.82, 2.24) is 0 Å². The van der Waals surface area contributed by atoms with Gasteiger partial charge in [0.25, 0.3) is 0 Å². The summed E-state index contributed by atoms with van der Waals surface area (Å²) in [6, 6.07) is 68.3. The molecule has 9 aromatic rings. The van der Waals surface area contributed by atoms with Crippen LogP contribution in [0.15, 0.2) is 199 Å². The van der Waals surface area contributed by atoms with Gasteiger partial charge in [0.1, 0.15) is 5.58 Å². The average Bonchev–Trinajstić information content (AvgIpc) is 3.59. The Morgan fingerprint density at radius 1 is 0.347 bits per heavy atom. The lowest BCUT2D eigenvalue weighted by atomic mass is 9.99. The van der Waals surface area contributed by atoms with E-state index in [0.29, 0.717) is 0 Å². The van der Waals surface area contributed by atoms with Crippen LogP contribution >= 0.6 is 0 Å². The molecule has 1 aromatic heterocycles. The summed E-state index contributed by atoms with van der Waals surface area (Å²) in [5, 5.41) is 4.50. The van der Waals surface area contributed by atoms with Crippen LogP contribution in [0, 0.1) is 0 Å². The van der Waals surface area contributed by atoms with E-state index in [2.05, 4.69) is 204 Å². The van der Waals surface area contributed by atoms with E-state index in [0.717, 1.165) is 72.6 Å². The van der Waals surface area contributed by atoms with Gasteiger partial charge in [-0.1, -0.05) is 133 Å². The number of para-hydroxylation sites is 4. The van der Waals surface area contributed by atoms with Crippen molar-refractivity contribution < 1.29 is 4.42 Å². The summed E-state index contributed by atoms with van der Waals surface area (Å²) in [5.74, 6) is 0. The Morgan fingerprint density at radius 2 is 0.878 bits per heavy atom. The van der Waals surface area contributed by atoms with E-state index < -0.39 is 0 Å². The molecule has 8 aromatic carbocycles. The van der Waals surface area contributed by atoms with Crippen LogP contribution < -0.4 is 9.80 Å². The molecule has 0 saturated heterocycles. The van der Waals surface area contributed by atoms with Crippen LogP contribution in [0.3, 0.4) is 0 Å². The summed E-state index contributed by atoms with van der Waals surface area (Å²) in [6.07, 6.45) is 0. The van der Waals surface area contributed by atoms with Crippen molar-refractivity contribution in [3.63, 3.8) is 0 Å². The number of hydrogen-bond donors (Lipinski definition) is 0. The molecular weight excluding hydrogens is 597 g/mol. The molecular formula is C46H32N2O. The SMILES string of the molecule is c1ccc(-c2ccccc2N(c2ccccc2)c2ccc(N(c3ccccc3)c3ccccc3)c3oc4ccc5ccccc5c4c23)cc1. The molecule has 1 heterocycles. The first kappa shape index (κ1) is 28.6. The van der Waals surface area contributed by atoms with E-state index in [-0.39, 0.29) is 0 Å². The molecule has 49 heavy (non-hydrogen) atoms. The largest absolute Gasteiger partial charge is 0.454 e. The van der Waals surface area contributed by atoms with Crippen LogP contribution in [0.4, 0.5) is 34.1 Å². The Hall–Kier alpha value is -6.58. The molecule has 0 radical (unpaired) electrons. The van der Waals surface area contributed by atoms with Crippen molar-refractivity contribution in [2.75, 3.05) is 9.80 Å². The summed E-state index contributed by atoms with van der Waals surface area (Å²) in [7, 11) is 0. The fourth-order valence-electron chi connectivity index (χ4n) is 7.07. The van der Waals surface area contributed by atoms with Crippen LogP contribution in [0.2, 0.25) is 0 Å². The van der Waals surface area contributed by atoms with Crippen molar-refractivity contribution >= 4 is 66.8 Å². The van der Waals surface area contributed by atoms with Crippen molar-refractivity contribution in [3.05, 3.63) is 194 Å². The quantitative estimate of drug-likeness (QED) is 0.175. The van der Waals surface area contributed by atoms with Crippen LogP contribution in [0.5, 0.6) is 0 Å². The van der Waals surface area contributed by atoms with Gasteiger partial charge in [-0.25, -0.2) is 0 Å². The molecule has 3 nitrogen and oxygen atoms in total. The van der Waals surface area contributed by atoms with E-state index >= 15 is 0 Å². The van der Waals surface area contributed by atoms with Gasteiger partial charge in [0.05, 0.1) is 22.4 Å². The zero-order chi connectivity index (χ0) is 32.6. The summed E-state index contributed by atoms with van der Waals surface area (Å²) < 4.78 is 7.02. The Labute approximate surface area is 285 Å². The fraction of sp³-hybridized carbons (Fsp3) is 0. The van der Waals surface area contributed by atoms with Crippen molar-refractivity contribution in [2.24, 2.45) is 0 Å². The maximum absolute atomic E-state index is 7.02. The second kappa shape index (κ2) is 12.2. The molecule has 0 aliphatic carbocycles. The van der Waals surface area contributed by atoms with Crippen LogP contribution in [0.25, 0.3) is 43.8 Å². The standard InChI is InChI=1S/C46H32N2O/c1-5-17-33(18-6-1)38-26-15-16-28-40(38)48(37-24-11-4-12-25-37)41-30-31-42(47(35-20-7-2-8-21-35)36-22-9-3-10-23-36)46-45(41)44-39-27-14-13-19-34(39)29-32-43(44)49-46/h1-32H. The van der Waals surface area contributed by atoms with Gasteiger partial charge in [-0.2, -0.15) is 0 Å². The maximum atomic E-state index is 7.02. The normalized spacial score (nSPS) is 11.3. The monoisotopic (exact) mass is 628 g/mol. The molecule has 0 aliphatic rings. The highest BCUT2D eigenvalue weighted by molar-refractivity contribution is 6.25. The predicted octanol–water partition coefficient (Wildman–Crippen LogP) is 13.3. The molecule has 3 heteroatoms. The Balaban J connectivity index is 1.41. The highest BCUT2D eigenvalue weighted by Crippen LogP contribution is 2.51. The number of benzene rings is 8. The first-order valence-electron chi connectivity index (χ1n) is 16.6. The summed E-state index contributed by atoms with van der Waals surface area (Å²) in [5.41, 5.74) is 10.3. The molecule has 0 spiro atoms. The molecule has 0 aliphatic heterocycles. The van der Waals surface area contributed by atoms with Crippen molar-refractivity contribution in [3.8, 4) is 11.1 Å². The second-order valence-corrected chi connectivity index (χ2v) is 12.1. The minimum atomic E-state index is 0.828. The second-order valence-electron chi connectivity index (χ2n) is 12.1. The van der Waals surface area contributed by atoms with Gasteiger partial charge in [-0.15, -0.1) is 0 Å². The maximum Gasteiger partial charge on any atom is 0.161 e. The number of fused-ring (bicyclic) bond motifs is 5. The number of furan rings is 1. The minimum absolute atomic E-state index is 0.828. The topological polar surface area (TPSA) is 19.6 Å². The van der Waals surface area contributed by atoms with Gasteiger partial charge >= 0.3 is 0 Å². The van der Waals surface area contributed by atoms with E-state index in [1.54, 1.807) is 0 Å². The lowest BCUT2D eigenvalue weighted by Gasteiger charge is -2.30. The van der Waals surface area contributed by atoms with Gasteiger partial charge in [0.15, 0.2) is 5.58 Å². The van der Waals surface area contributed by atoms with Gasteiger partial charge in [-0.05, 0) is 77.0 Å². The summed E-state index contributed by atoms with van der Waals surface area (Å²) in [6.45, 7) is 0. The zero-order valence-corrected chi connectivity index (χ0v) is 26.8. The lowest BCUT2D eigenvalue weighted by Crippen LogP contribution is -2.13. The van der Waals surface area contributed by atoms with Gasteiger partial charge in [-0.3, -0.25) is 0 Å². The van der Waals surface area contributed by atoms with Gasteiger partial charge in [0.2, 0.25) is 0 Å². The lowest BCUT2D eigenvalue weighted by molar-refractivity contribution is 0.669. The van der Waals surface area contributed by atoms with Crippen molar-refractivity contribution in [1.29, 1.82) is 0 Å². The Kier molecular flexibility index (Phi) is 7.14. The van der Waals surface area contributed by atoms with Crippen LogP contribution in [0.1, 0.15) is 0 Å². The molecule has 232 valence electrons. The van der Waals surface area contributed by atoms with Crippen LogP contribution in [-0.4, -0.2) is 0 Å². The third-order valence-corrected chi connectivity index (χ3v) is 9.22. The summed E-state index contributed by atoms with van der Waals surface area (Å²) >= 11 is 0. The van der Waals surface area contributed by atoms with Crippen molar-refractivity contribution in [2.45, 2.75) is 0 Å². The molecule has 0 bridgehead atoms. The summed E-state index contributed by atoms with van der Waals surface area (Å²) in [4.78, 5) is 4.68. The first-order valence-corrected chi connectivity index (χ1v) is 16.6. The predicted molar refractivity (Wildman–Crippen MR) is 206 cm³/mol. The first-order chi connectivity index (χ1) is 24.3. The number of hydrogen-bond acceptors (Lipinski definition) is 3. The van der Waals surface area contributed by atoms with E-state index in [9.17, 15) is 0 Å².